The van der Waals surface area contributed by atoms with Crippen molar-refractivity contribution in [3.05, 3.63) is 65.8 Å². The lowest BCUT2D eigenvalue weighted by Crippen LogP contribution is -2.51. The third-order valence-corrected chi connectivity index (χ3v) is 6.33. The number of piperidine rings is 2. The smallest absolute Gasteiger partial charge is 0.222 e. The molecule has 1 spiro atoms. The first-order valence-electron chi connectivity index (χ1n) is 10.6. The predicted molar refractivity (Wildman–Crippen MR) is 115 cm³/mol. The van der Waals surface area contributed by atoms with E-state index in [2.05, 4.69) is 51.3 Å². The lowest BCUT2D eigenvalue weighted by Gasteiger charge is -2.47. The fraction of sp³-hybridized carbons (Fsp3) is 0.458. The molecule has 2 aliphatic heterocycles. The van der Waals surface area contributed by atoms with Crippen LogP contribution in [0.2, 0.25) is 0 Å². The van der Waals surface area contributed by atoms with Crippen molar-refractivity contribution in [2.45, 2.75) is 39.2 Å². The summed E-state index contributed by atoms with van der Waals surface area (Å²) >= 11 is 0. The molecule has 1 aromatic carbocycles. The minimum atomic E-state index is 0.256. The zero-order valence-corrected chi connectivity index (χ0v) is 17.3. The summed E-state index contributed by atoms with van der Waals surface area (Å²) in [5.74, 6) is 0.256. The summed E-state index contributed by atoms with van der Waals surface area (Å²) in [4.78, 5) is 25.8. The molecule has 4 rings (SSSR count). The van der Waals surface area contributed by atoms with Gasteiger partial charge in [-0.15, -0.1) is 0 Å². The van der Waals surface area contributed by atoms with Gasteiger partial charge in [0.15, 0.2) is 0 Å². The van der Waals surface area contributed by atoms with E-state index in [9.17, 15) is 4.79 Å². The van der Waals surface area contributed by atoms with E-state index < -0.39 is 0 Å². The van der Waals surface area contributed by atoms with Crippen LogP contribution in [-0.4, -0.2) is 51.9 Å². The van der Waals surface area contributed by atoms with Gasteiger partial charge in [-0.25, -0.2) is 0 Å². The van der Waals surface area contributed by atoms with Crippen molar-refractivity contribution in [2.24, 2.45) is 5.41 Å². The van der Waals surface area contributed by atoms with Crippen LogP contribution < -0.4 is 0 Å². The second-order valence-electron chi connectivity index (χ2n) is 8.51. The number of likely N-dealkylation sites (tertiary alicyclic amines) is 2. The monoisotopic (exact) mass is 390 g/mol. The molecule has 2 aromatic rings. The Kier molecular flexibility index (Phi) is 6.05. The summed E-state index contributed by atoms with van der Waals surface area (Å²) in [7, 11) is 0. The zero-order valence-electron chi connectivity index (χ0n) is 17.3. The first kappa shape index (κ1) is 19.8. The Labute approximate surface area is 173 Å². The number of hydrogen-bond donors (Lipinski definition) is 0. The average Bonchev–Trinajstić information content (AvgIpc) is 2.75. The Balaban J connectivity index is 1.30. The van der Waals surface area contributed by atoms with E-state index in [1.54, 1.807) is 12.4 Å². The number of benzene rings is 1. The second kappa shape index (κ2) is 8.87. The van der Waals surface area contributed by atoms with Crippen molar-refractivity contribution in [3.63, 3.8) is 0 Å². The van der Waals surface area contributed by atoms with E-state index in [-0.39, 0.29) is 11.3 Å². The molecule has 0 bridgehead atoms. The van der Waals surface area contributed by atoms with Gasteiger partial charge in [0.25, 0.3) is 0 Å². The maximum Gasteiger partial charge on any atom is 0.222 e. The van der Waals surface area contributed by atoms with Gasteiger partial charge in [-0.1, -0.05) is 42.5 Å². The molecule has 1 aromatic heterocycles. The van der Waals surface area contributed by atoms with Gasteiger partial charge in [-0.2, -0.15) is 0 Å². The van der Waals surface area contributed by atoms with Crippen LogP contribution in [0.4, 0.5) is 0 Å². The molecule has 0 saturated carbocycles. The molecule has 5 nitrogen and oxygen atoms in total. The summed E-state index contributed by atoms with van der Waals surface area (Å²) < 4.78 is 0. The van der Waals surface area contributed by atoms with Crippen molar-refractivity contribution in [1.82, 2.24) is 19.8 Å². The molecular weight excluding hydrogens is 360 g/mol. The van der Waals surface area contributed by atoms with E-state index >= 15 is 0 Å². The van der Waals surface area contributed by atoms with Gasteiger partial charge in [0, 0.05) is 25.7 Å². The highest BCUT2D eigenvalue weighted by Crippen LogP contribution is 2.40. The van der Waals surface area contributed by atoms with Crippen molar-refractivity contribution in [1.29, 1.82) is 0 Å². The molecule has 3 heterocycles. The van der Waals surface area contributed by atoms with Crippen molar-refractivity contribution >= 4 is 12.0 Å². The summed E-state index contributed by atoms with van der Waals surface area (Å²) in [5, 5.41) is 0. The topological polar surface area (TPSA) is 49.3 Å². The molecule has 2 aliphatic rings. The van der Waals surface area contributed by atoms with Gasteiger partial charge in [0.05, 0.1) is 24.1 Å². The van der Waals surface area contributed by atoms with Crippen LogP contribution in [0.25, 0.3) is 6.08 Å². The van der Waals surface area contributed by atoms with Crippen LogP contribution in [0.15, 0.2) is 48.8 Å². The van der Waals surface area contributed by atoms with Gasteiger partial charge in [-0.05, 0) is 50.3 Å². The highest BCUT2D eigenvalue weighted by Gasteiger charge is 2.40. The molecule has 5 heteroatoms. The number of aryl methyl sites for hydroxylation is 1. The van der Waals surface area contributed by atoms with Crippen LogP contribution in [0, 0.1) is 12.3 Å². The van der Waals surface area contributed by atoms with Crippen molar-refractivity contribution in [3.8, 4) is 0 Å². The van der Waals surface area contributed by atoms with Crippen molar-refractivity contribution < 1.29 is 4.79 Å². The Morgan fingerprint density at radius 3 is 2.59 bits per heavy atom. The van der Waals surface area contributed by atoms with E-state index in [4.69, 9.17) is 0 Å². The number of carbonyl (C=O) groups is 1. The molecule has 0 unspecified atom stereocenters. The largest absolute Gasteiger partial charge is 0.336 e. The number of aromatic nitrogens is 2. The summed E-state index contributed by atoms with van der Waals surface area (Å²) in [6.07, 6.45) is 12.1. The summed E-state index contributed by atoms with van der Waals surface area (Å²) in [6.45, 7) is 6.57. The fourth-order valence-corrected chi connectivity index (χ4v) is 4.46. The van der Waals surface area contributed by atoms with Crippen LogP contribution in [0.5, 0.6) is 0 Å². The van der Waals surface area contributed by atoms with Gasteiger partial charge in [-0.3, -0.25) is 19.7 Å². The maximum absolute atomic E-state index is 12.5. The molecule has 0 radical (unpaired) electrons. The van der Waals surface area contributed by atoms with E-state index in [1.807, 2.05) is 17.9 Å². The summed E-state index contributed by atoms with van der Waals surface area (Å²) in [5.41, 5.74) is 3.31. The first-order valence-corrected chi connectivity index (χ1v) is 10.6. The minimum absolute atomic E-state index is 0.256. The van der Waals surface area contributed by atoms with Crippen LogP contribution in [-0.2, 0) is 11.3 Å². The van der Waals surface area contributed by atoms with Crippen LogP contribution in [0.3, 0.4) is 0 Å². The Hall–Kier alpha value is -2.53. The van der Waals surface area contributed by atoms with Crippen LogP contribution in [0.1, 0.15) is 42.6 Å². The van der Waals surface area contributed by atoms with Gasteiger partial charge < -0.3 is 4.90 Å². The predicted octanol–water partition coefficient (Wildman–Crippen LogP) is 3.70. The number of nitrogens with zero attached hydrogens (tertiary/aromatic N) is 4. The number of hydrogen-bond acceptors (Lipinski definition) is 4. The number of rotatable bonds is 5. The van der Waals surface area contributed by atoms with E-state index in [0.29, 0.717) is 13.0 Å². The standard InChI is InChI=1S/C24H30N4O/c1-20-16-26-22(17-25-20)18-28-19-24(10-9-23(28)29)11-14-27(15-12-24)13-5-8-21-6-3-2-4-7-21/h2-8,16-17H,9-15,18-19H2,1H3/b8-5+. The fourth-order valence-electron chi connectivity index (χ4n) is 4.46. The zero-order chi connectivity index (χ0) is 20.1. The molecular formula is C24H30N4O. The van der Waals surface area contributed by atoms with Gasteiger partial charge >= 0.3 is 0 Å². The Morgan fingerprint density at radius 2 is 1.86 bits per heavy atom. The van der Waals surface area contributed by atoms with E-state index in [0.717, 1.165) is 56.8 Å². The number of amides is 1. The van der Waals surface area contributed by atoms with E-state index in [1.165, 1.54) is 5.56 Å². The normalized spacial score (nSPS) is 19.9. The molecule has 2 saturated heterocycles. The highest BCUT2D eigenvalue weighted by atomic mass is 16.2. The summed E-state index contributed by atoms with van der Waals surface area (Å²) in [6, 6.07) is 10.5. The molecule has 1 amide bonds. The first-order chi connectivity index (χ1) is 14.1. The maximum atomic E-state index is 12.5. The molecule has 152 valence electrons. The quantitative estimate of drug-likeness (QED) is 0.781. The lowest BCUT2D eigenvalue weighted by atomic mass is 9.72. The Bertz CT molecular complexity index is 839. The highest BCUT2D eigenvalue weighted by molar-refractivity contribution is 5.77. The second-order valence-corrected chi connectivity index (χ2v) is 8.51. The molecule has 0 atom stereocenters. The molecule has 0 aliphatic carbocycles. The lowest BCUT2D eigenvalue weighted by molar-refractivity contribution is -0.139. The van der Waals surface area contributed by atoms with Crippen LogP contribution >= 0.6 is 0 Å². The minimum Gasteiger partial charge on any atom is -0.336 e. The molecule has 29 heavy (non-hydrogen) atoms. The van der Waals surface area contributed by atoms with Gasteiger partial charge in [0.2, 0.25) is 5.91 Å². The molecule has 2 fully saturated rings. The SMILES string of the molecule is Cc1cnc(CN2CC3(CCC2=O)CCN(C/C=C/c2ccccc2)CC3)cn1. The third kappa shape index (κ3) is 5.10. The van der Waals surface area contributed by atoms with Crippen molar-refractivity contribution in [2.75, 3.05) is 26.2 Å². The van der Waals surface area contributed by atoms with Gasteiger partial charge in [0.1, 0.15) is 0 Å². The molecule has 0 N–H and O–H groups in total. The number of carbonyl (C=O) groups excluding carboxylic acids is 1. The third-order valence-electron chi connectivity index (χ3n) is 6.33. The average molecular weight is 391 g/mol. The Morgan fingerprint density at radius 1 is 1.07 bits per heavy atom.